The Labute approximate surface area is 96.7 Å². The second-order valence-corrected chi connectivity index (χ2v) is 4.66. The number of hydrogen-bond donors (Lipinski definition) is 3. The molecule has 0 aliphatic heterocycles. The summed E-state index contributed by atoms with van der Waals surface area (Å²) >= 11 is 0. The smallest absolute Gasteiger partial charge is 0.0587 e. The molecule has 0 spiro atoms. The first-order valence-electron chi connectivity index (χ1n) is 5.94. The molecule has 1 aromatic carbocycles. The van der Waals surface area contributed by atoms with Crippen molar-refractivity contribution >= 4 is 0 Å². The molecule has 0 aromatic heterocycles. The fraction of sp³-hybridized carbons (Fsp3) is 0.538. The monoisotopic (exact) mass is 220 g/mol. The maximum atomic E-state index is 9.33. The second kappa shape index (κ2) is 5.43. The largest absolute Gasteiger partial charge is 0.395 e. The highest BCUT2D eigenvalue weighted by Crippen LogP contribution is 2.18. The average molecular weight is 220 g/mol. The Balaban J connectivity index is 1.81. The van der Waals surface area contributed by atoms with Crippen LogP contribution in [0.4, 0.5) is 0 Å². The summed E-state index contributed by atoms with van der Waals surface area (Å²) in [5.41, 5.74) is 7.00. The van der Waals surface area contributed by atoms with Crippen LogP contribution in [-0.4, -0.2) is 29.8 Å². The highest BCUT2D eigenvalue weighted by molar-refractivity contribution is 5.16. The van der Waals surface area contributed by atoms with Gasteiger partial charge in [0, 0.05) is 18.1 Å². The minimum absolute atomic E-state index is 0.153. The highest BCUT2D eigenvalue weighted by atomic mass is 16.3. The van der Waals surface area contributed by atoms with Crippen molar-refractivity contribution < 1.29 is 5.11 Å². The van der Waals surface area contributed by atoms with Crippen LogP contribution in [0.3, 0.4) is 0 Å². The van der Waals surface area contributed by atoms with Crippen molar-refractivity contribution in [2.45, 2.75) is 37.4 Å². The summed E-state index contributed by atoms with van der Waals surface area (Å²) in [6, 6.07) is 11.3. The van der Waals surface area contributed by atoms with E-state index in [0.717, 1.165) is 19.3 Å². The molecule has 4 N–H and O–H groups in total. The number of hydrogen-bond acceptors (Lipinski definition) is 3. The van der Waals surface area contributed by atoms with Gasteiger partial charge in [-0.2, -0.15) is 0 Å². The Morgan fingerprint density at radius 3 is 2.56 bits per heavy atom. The van der Waals surface area contributed by atoms with Gasteiger partial charge in [-0.3, -0.25) is 0 Å². The molecule has 88 valence electrons. The number of aliphatic hydroxyl groups excluding tert-OH is 1. The minimum atomic E-state index is 0.153. The van der Waals surface area contributed by atoms with E-state index in [0.29, 0.717) is 12.1 Å². The molecule has 0 unspecified atom stereocenters. The first-order chi connectivity index (χ1) is 7.78. The van der Waals surface area contributed by atoms with Gasteiger partial charge in [0.2, 0.25) is 0 Å². The normalized spacial score (nSPS) is 26.1. The second-order valence-electron chi connectivity index (χ2n) is 4.66. The van der Waals surface area contributed by atoms with Crippen molar-refractivity contribution in [1.29, 1.82) is 0 Å². The molecule has 1 saturated carbocycles. The Morgan fingerprint density at radius 2 is 2.00 bits per heavy atom. The van der Waals surface area contributed by atoms with E-state index < -0.39 is 0 Å². The Bertz CT molecular complexity index is 309. The molecule has 16 heavy (non-hydrogen) atoms. The number of benzene rings is 1. The van der Waals surface area contributed by atoms with Crippen LogP contribution < -0.4 is 11.1 Å². The Hall–Kier alpha value is -0.900. The fourth-order valence-corrected chi connectivity index (χ4v) is 2.21. The van der Waals surface area contributed by atoms with Gasteiger partial charge in [-0.25, -0.2) is 0 Å². The lowest BCUT2D eigenvalue weighted by molar-refractivity contribution is 0.196. The number of rotatable bonds is 5. The van der Waals surface area contributed by atoms with Crippen LogP contribution in [-0.2, 0) is 6.42 Å². The number of nitrogens with one attached hydrogen (secondary N) is 1. The number of nitrogens with two attached hydrogens (primary N) is 1. The van der Waals surface area contributed by atoms with Gasteiger partial charge in [-0.1, -0.05) is 30.3 Å². The van der Waals surface area contributed by atoms with Gasteiger partial charge < -0.3 is 16.2 Å². The lowest BCUT2D eigenvalue weighted by atomic mass is 9.87. The highest BCUT2D eigenvalue weighted by Gasteiger charge is 2.27. The van der Waals surface area contributed by atoms with Crippen molar-refractivity contribution in [3.8, 4) is 0 Å². The van der Waals surface area contributed by atoms with Crippen LogP contribution in [0.2, 0.25) is 0 Å². The van der Waals surface area contributed by atoms with Gasteiger partial charge in [-0.05, 0) is 24.8 Å². The molecule has 0 amide bonds. The molecule has 1 fully saturated rings. The summed E-state index contributed by atoms with van der Waals surface area (Å²) in [6.45, 7) is 0.181. The van der Waals surface area contributed by atoms with Gasteiger partial charge in [-0.15, -0.1) is 0 Å². The van der Waals surface area contributed by atoms with Gasteiger partial charge in [0.25, 0.3) is 0 Å². The quantitative estimate of drug-likeness (QED) is 0.683. The third-order valence-corrected chi connectivity index (χ3v) is 3.19. The van der Waals surface area contributed by atoms with E-state index in [1.807, 2.05) is 18.2 Å². The molecular weight excluding hydrogens is 200 g/mol. The number of aliphatic hydroxyl groups is 1. The van der Waals surface area contributed by atoms with Crippen molar-refractivity contribution in [3.05, 3.63) is 35.9 Å². The summed E-state index contributed by atoms with van der Waals surface area (Å²) in [5.74, 6) is 0. The predicted octanol–water partition coefficient (Wildman–Crippen LogP) is 0.669. The van der Waals surface area contributed by atoms with E-state index in [2.05, 4.69) is 17.4 Å². The van der Waals surface area contributed by atoms with Crippen molar-refractivity contribution in [1.82, 2.24) is 5.32 Å². The van der Waals surface area contributed by atoms with Gasteiger partial charge in [0.05, 0.1) is 6.61 Å². The minimum Gasteiger partial charge on any atom is -0.395 e. The first kappa shape index (κ1) is 11.6. The molecule has 0 heterocycles. The Kier molecular flexibility index (Phi) is 3.93. The summed E-state index contributed by atoms with van der Waals surface area (Å²) < 4.78 is 0. The third kappa shape index (κ3) is 3.04. The molecule has 1 aromatic rings. The van der Waals surface area contributed by atoms with E-state index in [1.165, 1.54) is 5.56 Å². The van der Waals surface area contributed by atoms with Gasteiger partial charge in [0.1, 0.15) is 0 Å². The summed E-state index contributed by atoms with van der Waals surface area (Å²) in [7, 11) is 0. The summed E-state index contributed by atoms with van der Waals surface area (Å²) in [5, 5.41) is 12.8. The lowest BCUT2D eigenvalue weighted by Gasteiger charge is -2.36. The van der Waals surface area contributed by atoms with E-state index >= 15 is 0 Å². The SMILES string of the molecule is NC1CC(N[C@@H](CO)Cc2ccccc2)C1. The van der Waals surface area contributed by atoms with Crippen LogP contribution in [0.1, 0.15) is 18.4 Å². The lowest BCUT2D eigenvalue weighted by Crippen LogP contribution is -2.53. The summed E-state index contributed by atoms with van der Waals surface area (Å²) in [4.78, 5) is 0. The molecule has 1 aliphatic carbocycles. The zero-order chi connectivity index (χ0) is 11.4. The molecule has 1 aliphatic rings. The molecule has 3 heteroatoms. The van der Waals surface area contributed by atoms with Crippen molar-refractivity contribution in [2.24, 2.45) is 5.73 Å². The van der Waals surface area contributed by atoms with E-state index in [-0.39, 0.29) is 12.6 Å². The first-order valence-corrected chi connectivity index (χ1v) is 5.94. The summed E-state index contributed by atoms with van der Waals surface area (Å²) in [6.07, 6.45) is 2.94. The van der Waals surface area contributed by atoms with Gasteiger partial charge >= 0.3 is 0 Å². The van der Waals surface area contributed by atoms with Crippen molar-refractivity contribution in [3.63, 3.8) is 0 Å². The molecular formula is C13H20N2O. The molecule has 0 bridgehead atoms. The molecule has 0 radical (unpaired) electrons. The maximum Gasteiger partial charge on any atom is 0.0587 e. The zero-order valence-electron chi connectivity index (χ0n) is 9.47. The zero-order valence-corrected chi connectivity index (χ0v) is 9.47. The fourth-order valence-electron chi connectivity index (χ4n) is 2.21. The van der Waals surface area contributed by atoms with Gasteiger partial charge in [0.15, 0.2) is 0 Å². The standard InChI is InChI=1S/C13H20N2O/c14-11-7-12(8-11)15-13(9-16)6-10-4-2-1-3-5-10/h1-5,11-13,15-16H,6-9,14H2/t11?,12?,13-/m1/s1. The van der Waals surface area contributed by atoms with E-state index in [1.54, 1.807) is 0 Å². The van der Waals surface area contributed by atoms with Crippen LogP contribution in [0.25, 0.3) is 0 Å². The van der Waals surface area contributed by atoms with Crippen LogP contribution in [0, 0.1) is 0 Å². The average Bonchev–Trinajstić information content (AvgIpc) is 2.27. The molecule has 2 rings (SSSR count). The third-order valence-electron chi connectivity index (χ3n) is 3.19. The van der Waals surface area contributed by atoms with E-state index in [4.69, 9.17) is 5.73 Å². The van der Waals surface area contributed by atoms with Crippen molar-refractivity contribution in [2.75, 3.05) is 6.61 Å². The predicted molar refractivity (Wildman–Crippen MR) is 65.2 cm³/mol. The molecule has 1 atom stereocenters. The van der Waals surface area contributed by atoms with E-state index in [9.17, 15) is 5.11 Å². The van der Waals surface area contributed by atoms with Crippen LogP contribution >= 0.6 is 0 Å². The molecule has 0 saturated heterocycles. The molecule has 3 nitrogen and oxygen atoms in total. The Morgan fingerprint density at radius 1 is 1.31 bits per heavy atom. The maximum absolute atomic E-state index is 9.33. The van der Waals surface area contributed by atoms with Crippen LogP contribution in [0.5, 0.6) is 0 Å². The topological polar surface area (TPSA) is 58.3 Å². The van der Waals surface area contributed by atoms with Crippen LogP contribution in [0.15, 0.2) is 30.3 Å².